The Kier molecular flexibility index (Phi) is 3.48. The van der Waals surface area contributed by atoms with Gasteiger partial charge >= 0.3 is 0 Å². The second-order valence-electron chi connectivity index (χ2n) is 5.01. The van der Waals surface area contributed by atoms with E-state index >= 15 is 0 Å². The fourth-order valence-corrected chi connectivity index (χ4v) is 2.56. The normalized spacial score (nSPS) is 18.9. The molecule has 1 unspecified atom stereocenters. The highest BCUT2D eigenvalue weighted by atomic mass is 16.3. The van der Waals surface area contributed by atoms with Gasteiger partial charge in [-0.15, -0.1) is 0 Å². The number of piperazine rings is 1. The first-order valence-electron chi connectivity index (χ1n) is 6.88. The van der Waals surface area contributed by atoms with E-state index in [9.17, 15) is 9.59 Å². The van der Waals surface area contributed by atoms with Gasteiger partial charge in [-0.1, -0.05) is 18.2 Å². The van der Waals surface area contributed by atoms with E-state index in [1.54, 1.807) is 22.8 Å². The summed E-state index contributed by atoms with van der Waals surface area (Å²) in [5.74, 6) is -0.235. The molecule has 1 aliphatic rings. The maximum Gasteiger partial charge on any atom is 0.257 e. The molecule has 1 atom stereocenters. The van der Waals surface area contributed by atoms with Crippen LogP contribution in [0.4, 0.5) is 5.69 Å². The monoisotopic (exact) mass is 284 g/mol. The van der Waals surface area contributed by atoms with Gasteiger partial charge in [0.2, 0.25) is 5.91 Å². The van der Waals surface area contributed by atoms with Gasteiger partial charge in [0.25, 0.3) is 5.91 Å². The van der Waals surface area contributed by atoms with E-state index in [0.29, 0.717) is 18.7 Å². The van der Waals surface area contributed by atoms with E-state index in [1.807, 2.05) is 30.3 Å². The highest BCUT2D eigenvalue weighted by molar-refractivity contribution is 6.03. The molecule has 2 heterocycles. The Morgan fingerprint density at radius 1 is 1.19 bits per heavy atom. The topological polar surface area (TPSA) is 53.8 Å². The van der Waals surface area contributed by atoms with Gasteiger partial charge in [0.05, 0.1) is 11.8 Å². The second-order valence-corrected chi connectivity index (χ2v) is 5.01. The molecule has 0 radical (unpaired) electrons. The van der Waals surface area contributed by atoms with Crippen LogP contribution in [0.1, 0.15) is 17.3 Å². The SMILES string of the molecule is CC1C(=O)N(c2ccccc2)CCN1C(=O)c1ccoc1. The maximum absolute atomic E-state index is 12.5. The number of hydrogen-bond donors (Lipinski definition) is 0. The third kappa shape index (κ3) is 2.42. The van der Waals surface area contributed by atoms with E-state index in [4.69, 9.17) is 4.42 Å². The number of nitrogens with zero attached hydrogens (tertiary/aromatic N) is 2. The number of rotatable bonds is 2. The molecule has 0 aliphatic carbocycles. The quantitative estimate of drug-likeness (QED) is 0.849. The Balaban J connectivity index is 1.79. The fraction of sp³-hybridized carbons (Fsp3) is 0.250. The molecule has 1 saturated heterocycles. The highest BCUT2D eigenvalue weighted by Gasteiger charge is 2.35. The molecule has 1 aromatic carbocycles. The van der Waals surface area contributed by atoms with Crippen LogP contribution in [0.2, 0.25) is 0 Å². The summed E-state index contributed by atoms with van der Waals surface area (Å²) in [5, 5.41) is 0. The van der Waals surface area contributed by atoms with Crippen LogP contribution in [0, 0.1) is 0 Å². The highest BCUT2D eigenvalue weighted by Crippen LogP contribution is 2.21. The van der Waals surface area contributed by atoms with Gasteiger partial charge in [0.15, 0.2) is 0 Å². The Bertz CT molecular complexity index is 637. The van der Waals surface area contributed by atoms with E-state index in [0.717, 1.165) is 5.69 Å². The molecule has 0 spiro atoms. The van der Waals surface area contributed by atoms with Crippen molar-refractivity contribution in [2.24, 2.45) is 0 Å². The lowest BCUT2D eigenvalue weighted by Gasteiger charge is -2.39. The molecule has 1 aromatic heterocycles. The van der Waals surface area contributed by atoms with Crippen LogP contribution in [0.5, 0.6) is 0 Å². The number of anilines is 1. The van der Waals surface area contributed by atoms with Gasteiger partial charge in [0, 0.05) is 18.8 Å². The summed E-state index contributed by atoms with van der Waals surface area (Å²) >= 11 is 0. The van der Waals surface area contributed by atoms with Crippen LogP contribution in [-0.2, 0) is 4.79 Å². The summed E-state index contributed by atoms with van der Waals surface area (Å²) in [6.07, 6.45) is 2.86. The molecule has 5 heteroatoms. The fourth-order valence-electron chi connectivity index (χ4n) is 2.56. The van der Waals surface area contributed by atoms with E-state index in [-0.39, 0.29) is 11.8 Å². The molecule has 1 aliphatic heterocycles. The van der Waals surface area contributed by atoms with Gasteiger partial charge in [-0.2, -0.15) is 0 Å². The standard InChI is InChI=1S/C16H16N2O3/c1-12-15(19)18(14-5-3-2-4-6-14)9-8-17(12)16(20)13-7-10-21-11-13/h2-7,10-12H,8-9H2,1H3. The Morgan fingerprint density at radius 2 is 1.95 bits per heavy atom. The summed E-state index contributed by atoms with van der Waals surface area (Å²) in [6.45, 7) is 2.76. The smallest absolute Gasteiger partial charge is 0.257 e. The number of hydrogen-bond acceptors (Lipinski definition) is 3. The van der Waals surface area contributed by atoms with Gasteiger partial charge in [-0.25, -0.2) is 0 Å². The van der Waals surface area contributed by atoms with Crippen molar-refractivity contribution in [3.63, 3.8) is 0 Å². The van der Waals surface area contributed by atoms with Crippen molar-refractivity contribution in [2.75, 3.05) is 18.0 Å². The maximum atomic E-state index is 12.5. The first-order valence-corrected chi connectivity index (χ1v) is 6.88. The minimum atomic E-state index is -0.485. The molecule has 1 fully saturated rings. The summed E-state index contributed by atoms with van der Waals surface area (Å²) in [4.78, 5) is 28.2. The zero-order valence-electron chi connectivity index (χ0n) is 11.7. The summed E-state index contributed by atoms with van der Waals surface area (Å²) in [6, 6.07) is 10.6. The molecule has 5 nitrogen and oxygen atoms in total. The Hall–Kier alpha value is -2.56. The van der Waals surface area contributed by atoms with Crippen LogP contribution in [0.15, 0.2) is 53.3 Å². The van der Waals surface area contributed by atoms with Crippen LogP contribution < -0.4 is 4.90 Å². The number of carbonyl (C=O) groups excluding carboxylic acids is 2. The zero-order chi connectivity index (χ0) is 14.8. The lowest BCUT2D eigenvalue weighted by molar-refractivity contribution is -0.124. The van der Waals surface area contributed by atoms with Gasteiger partial charge < -0.3 is 14.2 Å². The van der Waals surface area contributed by atoms with Crippen LogP contribution >= 0.6 is 0 Å². The van der Waals surface area contributed by atoms with E-state index < -0.39 is 6.04 Å². The van der Waals surface area contributed by atoms with Gasteiger partial charge in [0.1, 0.15) is 12.3 Å². The average molecular weight is 284 g/mol. The summed E-state index contributed by atoms with van der Waals surface area (Å²) in [5.41, 5.74) is 1.34. The molecule has 3 rings (SSSR count). The van der Waals surface area contributed by atoms with Crippen molar-refractivity contribution in [1.82, 2.24) is 4.90 Å². The molecule has 2 aromatic rings. The first-order chi connectivity index (χ1) is 10.2. The number of para-hydroxylation sites is 1. The van der Waals surface area contributed by atoms with Crippen molar-refractivity contribution < 1.29 is 14.0 Å². The molecule has 2 amide bonds. The average Bonchev–Trinajstić information content (AvgIpc) is 3.04. The van der Waals surface area contributed by atoms with Gasteiger partial charge in [-0.05, 0) is 25.1 Å². The first kappa shape index (κ1) is 13.4. The predicted molar refractivity (Wildman–Crippen MR) is 78.0 cm³/mol. The van der Waals surface area contributed by atoms with Crippen molar-refractivity contribution in [3.8, 4) is 0 Å². The number of furan rings is 1. The minimum absolute atomic E-state index is 0.0655. The van der Waals surface area contributed by atoms with E-state index in [1.165, 1.54) is 12.5 Å². The molecule has 108 valence electrons. The Morgan fingerprint density at radius 3 is 2.62 bits per heavy atom. The van der Waals surface area contributed by atoms with Crippen molar-refractivity contribution in [2.45, 2.75) is 13.0 Å². The molecule has 0 saturated carbocycles. The van der Waals surface area contributed by atoms with Crippen molar-refractivity contribution in [1.29, 1.82) is 0 Å². The number of carbonyl (C=O) groups is 2. The predicted octanol–water partition coefficient (Wildman–Crippen LogP) is 2.16. The van der Waals surface area contributed by atoms with Crippen molar-refractivity contribution in [3.05, 3.63) is 54.5 Å². The number of benzene rings is 1. The third-order valence-corrected chi connectivity index (χ3v) is 3.75. The molecule has 0 N–H and O–H groups in total. The third-order valence-electron chi connectivity index (χ3n) is 3.75. The summed E-state index contributed by atoms with van der Waals surface area (Å²) in [7, 11) is 0. The van der Waals surface area contributed by atoms with E-state index in [2.05, 4.69) is 0 Å². The van der Waals surface area contributed by atoms with Crippen molar-refractivity contribution >= 4 is 17.5 Å². The zero-order valence-corrected chi connectivity index (χ0v) is 11.7. The van der Waals surface area contributed by atoms with Gasteiger partial charge in [-0.3, -0.25) is 9.59 Å². The van der Waals surface area contributed by atoms with Crippen LogP contribution in [0.25, 0.3) is 0 Å². The summed E-state index contributed by atoms with van der Waals surface area (Å²) < 4.78 is 4.94. The number of amides is 2. The Labute approximate surface area is 122 Å². The lowest BCUT2D eigenvalue weighted by Crippen LogP contribution is -2.57. The molecular formula is C16H16N2O3. The van der Waals surface area contributed by atoms with Crippen LogP contribution in [-0.4, -0.2) is 35.8 Å². The van der Waals surface area contributed by atoms with Crippen LogP contribution in [0.3, 0.4) is 0 Å². The lowest BCUT2D eigenvalue weighted by atomic mass is 10.1. The second kappa shape index (κ2) is 5.44. The minimum Gasteiger partial charge on any atom is -0.472 e. The molecule has 21 heavy (non-hydrogen) atoms. The largest absolute Gasteiger partial charge is 0.472 e. The molecular weight excluding hydrogens is 268 g/mol. The molecule has 0 bridgehead atoms.